The van der Waals surface area contributed by atoms with E-state index in [1.165, 1.54) is 0 Å². The van der Waals surface area contributed by atoms with Crippen molar-refractivity contribution < 1.29 is 19.4 Å². The Balaban J connectivity index is 2.40. The first-order valence-electron chi connectivity index (χ1n) is 6.55. The van der Waals surface area contributed by atoms with Crippen molar-refractivity contribution in [3.63, 3.8) is 0 Å². The van der Waals surface area contributed by atoms with Gasteiger partial charge in [-0.15, -0.1) is 0 Å². The van der Waals surface area contributed by atoms with Crippen LogP contribution in [0.4, 0.5) is 4.79 Å². The number of amides is 1. The number of ether oxygens (including phenoxy) is 2. The van der Waals surface area contributed by atoms with Gasteiger partial charge < -0.3 is 19.5 Å². The smallest absolute Gasteiger partial charge is 0.410 e. The maximum absolute atomic E-state index is 11.9. The van der Waals surface area contributed by atoms with Crippen molar-refractivity contribution in [2.45, 2.75) is 58.3 Å². The number of hydrogen-bond donors (Lipinski definition) is 1. The molecule has 5 heteroatoms. The number of hydrogen-bond acceptors (Lipinski definition) is 4. The van der Waals surface area contributed by atoms with Crippen LogP contribution in [0.2, 0.25) is 0 Å². The lowest BCUT2D eigenvalue weighted by molar-refractivity contribution is -0.0476. The number of carbonyl (C=O) groups excluding carboxylic acids is 1. The maximum atomic E-state index is 11.9. The summed E-state index contributed by atoms with van der Waals surface area (Å²) in [5.74, 6) is 0. The molecule has 0 radical (unpaired) electrons. The Morgan fingerprint density at radius 1 is 1.56 bits per heavy atom. The lowest BCUT2D eigenvalue weighted by atomic mass is 10.1. The Hall–Kier alpha value is -0.810. The van der Waals surface area contributed by atoms with E-state index < -0.39 is 5.60 Å². The van der Waals surface area contributed by atoms with Crippen molar-refractivity contribution in [1.82, 2.24) is 4.90 Å². The average molecular weight is 259 g/mol. The lowest BCUT2D eigenvalue weighted by Crippen LogP contribution is -2.47. The molecule has 1 aliphatic heterocycles. The Kier molecular flexibility index (Phi) is 5.41. The second-order valence-electron chi connectivity index (χ2n) is 5.85. The van der Waals surface area contributed by atoms with E-state index in [1.807, 2.05) is 20.8 Å². The van der Waals surface area contributed by atoms with Crippen LogP contribution in [0.5, 0.6) is 0 Å². The van der Waals surface area contributed by atoms with Gasteiger partial charge in [0.2, 0.25) is 0 Å². The summed E-state index contributed by atoms with van der Waals surface area (Å²) in [6, 6.07) is 0. The van der Waals surface area contributed by atoms with Gasteiger partial charge in [0.05, 0.1) is 25.4 Å². The van der Waals surface area contributed by atoms with Gasteiger partial charge in [-0.1, -0.05) is 0 Å². The van der Waals surface area contributed by atoms with Crippen molar-refractivity contribution in [2.24, 2.45) is 0 Å². The summed E-state index contributed by atoms with van der Waals surface area (Å²) in [4.78, 5) is 13.6. The van der Waals surface area contributed by atoms with Gasteiger partial charge >= 0.3 is 6.09 Å². The Labute approximate surface area is 109 Å². The van der Waals surface area contributed by atoms with E-state index in [9.17, 15) is 9.90 Å². The fourth-order valence-corrected chi connectivity index (χ4v) is 1.81. The minimum Gasteiger partial charge on any atom is -0.444 e. The number of carbonyl (C=O) groups is 1. The quantitative estimate of drug-likeness (QED) is 0.839. The van der Waals surface area contributed by atoms with E-state index in [2.05, 4.69) is 0 Å². The van der Waals surface area contributed by atoms with Crippen LogP contribution in [-0.4, -0.2) is 53.6 Å². The number of aliphatic hydroxyl groups excluding tert-OH is 1. The first-order chi connectivity index (χ1) is 8.28. The van der Waals surface area contributed by atoms with Crippen LogP contribution in [0.25, 0.3) is 0 Å². The molecule has 0 bridgehead atoms. The van der Waals surface area contributed by atoms with Gasteiger partial charge in [-0.05, 0) is 40.5 Å². The van der Waals surface area contributed by atoms with Gasteiger partial charge in [0.25, 0.3) is 0 Å². The third kappa shape index (κ3) is 5.69. The normalized spacial score (nSPS) is 22.7. The number of rotatable bonds is 3. The Morgan fingerprint density at radius 3 is 2.78 bits per heavy atom. The van der Waals surface area contributed by atoms with Crippen molar-refractivity contribution in [2.75, 3.05) is 19.7 Å². The van der Waals surface area contributed by atoms with Crippen LogP contribution >= 0.6 is 0 Å². The van der Waals surface area contributed by atoms with Crippen LogP contribution in [0.1, 0.15) is 40.5 Å². The third-order valence-corrected chi connectivity index (χ3v) is 2.70. The molecule has 0 saturated carbocycles. The molecule has 1 N–H and O–H groups in total. The third-order valence-electron chi connectivity index (χ3n) is 2.70. The van der Waals surface area contributed by atoms with Crippen molar-refractivity contribution in [3.8, 4) is 0 Å². The highest BCUT2D eigenvalue weighted by Gasteiger charge is 2.27. The topological polar surface area (TPSA) is 59.0 Å². The summed E-state index contributed by atoms with van der Waals surface area (Å²) < 4.78 is 10.9. The van der Waals surface area contributed by atoms with Crippen LogP contribution in [0.3, 0.4) is 0 Å². The lowest BCUT2D eigenvalue weighted by Gasteiger charge is -2.34. The van der Waals surface area contributed by atoms with E-state index in [-0.39, 0.29) is 18.3 Å². The zero-order valence-electron chi connectivity index (χ0n) is 11.8. The van der Waals surface area contributed by atoms with Gasteiger partial charge in [-0.25, -0.2) is 4.79 Å². The van der Waals surface area contributed by atoms with E-state index in [4.69, 9.17) is 9.47 Å². The average Bonchev–Trinajstić information content (AvgIpc) is 2.24. The number of aliphatic hydroxyl groups is 1. The summed E-state index contributed by atoms with van der Waals surface area (Å²) in [6.07, 6.45) is 0.836. The van der Waals surface area contributed by atoms with E-state index in [1.54, 1.807) is 11.8 Å². The monoisotopic (exact) mass is 259 g/mol. The molecule has 1 aliphatic rings. The van der Waals surface area contributed by atoms with Crippen molar-refractivity contribution in [3.05, 3.63) is 0 Å². The molecule has 106 valence electrons. The van der Waals surface area contributed by atoms with Gasteiger partial charge in [-0.3, -0.25) is 0 Å². The number of morpholine rings is 1. The molecule has 5 nitrogen and oxygen atoms in total. The molecule has 2 atom stereocenters. The molecule has 1 unspecified atom stereocenters. The highest BCUT2D eigenvalue weighted by atomic mass is 16.6. The van der Waals surface area contributed by atoms with Crippen molar-refractivity contribution in [1.29, 1.82) is 0 Å². The first-order valence-corrected chi connectivity index (χ1v) is 6.55. The van der Waals surface area contributed by atoms with Crippen molar-refractivity contribution >= 4 is 6.09 Å². The van der Waals surface area contributed by atoms with E-state index in [0.717, 1.165) is 6.42 Å². The van der Waals surface area contributed by atoms with Crippen LogP contribution in [-0.2, 0) is 9.47 Å². The molecule has 1 saturated heterocycles. The minimum atomic E-state index is -0.468. The Morgan fingerprint density at radius 2 is 2.22 bits per heavy atom. The molecule has 0 aromatic carbocycles. The van der Waals surface area contributed by atoms with E-state index in [0.29, 0.717) is 26.1 Å². The highest BCUT2D eigenvalue weighted by molar-refractivity contribution is 5.68. The van der Waals surface area contributed by atoms with Gasteiger partial charge in [-0.2, -0.15) is 0 Å². The number of nitrogens with zero attached hydrogens (tertiary/aromatic N) is 1. The molecular formula is C13H25NO4. The molecule has 1 heterocycles. The second kappa shape index (κ2) is 6.38. The van der Waals surface area contributed by atoms with E-state index >= 15 is 0 Å². The van der Waals surface area contributed by atoms with Crippen LogP contribution < -0.4 is 0 Å². The fraction of sp³-hybridized carbons (Fsp3) is 0.923. The molecular weight excluding hydrogens is 234 g/mol. The zero-order valence-corrected chi connectivity index (χ0v) is 11.8. The van der Waals surface area contributed by atoms with Crippen LogP contribution in [0, 0.1) is 0 Å². The standard InChI is InChI=1S/C13H25NO4/c1-10(15)5-6-11-9-14(7-8-17-11)12(16)18-13(2,3)4/h10-11,15H,5-9H2,1-4H3/t10-,11?/m0/s1. The summed E-state index contributed by atoms with van der Waals surface area (Å²) in [6.45, 7) is 8.97. The van der Waals surface area contributed by atoms with Gasteiger partial charge in [0.15, 0.2) is 0 Å². The molecule has 1 rings (SSSR count). The molecule has 1 fully saturated rings. The van der Waals surface area contributed by atoms with Crippen LogP contribution in [0.15, 0.2) is 0 Å². The predicted molar refractivity (Wildman–Crippen MR) is 68.5 cm³/mol. The molecule has 0 aromatic rings. The largest absolute Gasteiger partial charge is 0.444 e. The molecule has 18 heavy (non-hydrogen) atoms. The maximum Gasteiger partial charge on any atom is 0.410 e. The summed E-state index contributed by atoms with van der Waals surface area (Å²) in [5, 5.41) is 9.25. The fourth-order valence-electron chi connectivity index (χ4n) is 1.81. The van der Waals surface area contributed by atoms with Gasteiger partial charge in [0, 0.05) is 6.54 Å². The first kappa shape index (κ1) is 15.2. The zero-order chi connectivity index (χ0) is 13.8. The molecule has 0 aromatic heterocycles. The SMILES string of the molecule is C[C@H](O)CCC1CN(C(=O)OC(C)(C)C)CCO1. The molecule has 0 spiro atoms. The van der Waals surface area contributed by atoms with Gasteiger partial charge in [0.1, 0.15) is 5.60 Å². The molecule has 1 amide bonds. The predicted octanol–water partition coefficient (Wildman–Crippen LogP) is 1.78. The summed E-state index contributed by atoms with van der Waals surface area (Å²) in [5.41, 5.74) is -0.468. The Bertz CT molecular complexity index is 273. The summed E-state index contributed by atoms with van der Waals surface area (Å²) >= 11 is 0. The second-order valence-corrected chi connectivity index (χ2v) is 5.85. The highest BCUT2D eigenvalue weighted by Crippen LogP contribution is 2.15. The minimum absolute atomic E-state index is 0.000804. The molecule has 0 aliphatic carbocycles. The summed E-state index contributed by atoms with van der Waals surface area (Å²) in [7, 11) is 0.